The summed E-state index contributed by atoms with van der Waals surface area (Å²) in [6, 6.07) is 6.42. The van der Waals surface area contributed by atoms with Gasteiger partial charge >= 0.3 is 6.03 Å². The molecular formula is C20H33N3O2. The van der Waals surface area contributed by atoms with Crippen molar-refractivity contribution < 1.29 is 9.90 Å². The van der Waals surface area contributed by atoms with Gasteiger partial charge in [-0.25, -0.2) is 4.79 Å². The van der Waals surface area contributed by atoms with Crippen LogP contribution in [0.3, 0.4) is 0 Å². The molecule has 1 saturated heterocycles. The van der Waals surface area contributed by atoms with Crippen molar-refractivity contribution in [3.05, 3.63) is 29.3 Å². The summed E-state index contributed by atoms with van der Waals surface area (Å²) in [7, 11) is 0. The fraction of sp³-hybridized carbons (Fsp3) is 0.650. The predicted octanol–water partition coefficient (Wildman–Crippen LogP) is 3.17. The molecule has 3 N–H and O–H groups in total. The number of carbonyl (C=O) groups is 1. The first-order valence-corrected chi connectivity index (χ1v) is 9.70. The van der Waals surface area contributed by atoms with Gasteiger partial charge in [0.1, 0.15) is 0 Å². The first kappa shape index (κ1) is 19.7. The van der Waals surface area contributed by atoms with Gasteiger partial charge in [0, 0.05) is 18.3 Å². The highest BCUT2D eigenvalue weighted by atomic mass is 16.3. The molecule has 25 heavy (non-hydrogen) atoms. The lowest BCUT2D eigenvalue weighted by Crippen LogP contribution is -2.34. The van der Waals surface area contributed by atoms with Crippen LogP contribution in [0.25, 0.3) is 0 Å². The largest absolute Gasteiger partial charge is 0.395 e. The number of nitrogens with one attached hydrogen (secondary N) is 2. The second-order valence-corrected chi connectivity index (χ2v) is 6.76. The Morgan fingerprint density at radius 2 is 1.96 bits per heavy atom. The minimum Gasteiger partial charge on any atom is -0.395 e. The first-order chi connectivity index (χ1) is 12.2. The maximum absolute atomic E-state index is 12.2. The Labute approximate surface area is 151 Å². The average Bonchev–Trinajstić information content (AvgIpc) is 3.09. The van der Waals surface area contributed by atoms with Crippen molar-refractivity contribution in [2.45, 2.75) is 58.4 Å². The van der Waals surface area contributed by atoms with E-state index in [4.69, 9.17) is 0 Å². The number of aliphatic hydroxyl groups excluding tert-OH is 1. The second-order valence-electron chi connectivity index (χ2n) is 6.76. The van der Waals surface area contributed by atoms with E-state index >= 15 is 0 Å². The minimum atomic E-state index is -0.120. The fourth-order valence-electron chi connectivity index (χ4n) is 3.60. The molecule has 2 rings (SSSR count). The van der Waals surface area contributed by atoms with E-state index in [-0.39, 0.29) is 12.6 Å². The highest BCUT2D eigenvalue weighted by Crippen LogP contribution is 2.22. The number of amides is 2. The summed E-state index contributed by atoms with van der Waals surface area (Å²) in [4.78, 5) is 14.6. The smallest absolute Gasteiger partial charge is 0.319 e. The Morgan fingerprint density at radius 1 is 1.24 bits per heavy atom. The molecule has 5 heteroatoms. The molecule has 0 aromatic heterocycles. The normalized spacial score (nSPS) is 17.6. The number of anilines is 1. The first-order valence-electron chi connectivity index (χ1n) is 9.70. The van der Waals surface area contributed by atoms with Crippen LogP contribution in [0.15, 0.2) is 18.2 Å². The molecule has 1 unspecified atom stereocenters. The number of urea groups is 1. The van der Waals surface area contributed by atoms with E-state index in [2.05, 4.69) is 47.6 Å². The predicted molar refractivity (Wildman–Crippen MR) is 103 cm³/mol. The van der Waals surface area contributed by atoms with Crippen LogP contribution in [0.2, 0.25) is 0 Å². The molecule has 0 aliphatic carbocycles. The number of rotatable bonds is 9. The molecule has 1 heterocycles. The molecule has 140 valence electrons. The Kier molecular flexibility index (Phi) is 8.22. The topological polar surface area (TPSA) is 64.6 Å². The van der Waals surface area contributed by atoms with Gasteiger partial charge in [-0.3, -0.25) is 4.90 Å². The number of likely N-dealkylation sites (tertiary alicyclic amines) is 1. The van der Waals surface area contributed by atoms with Crippen LogP contribution in [-0.4, -0.2) is 48.3 Å². The quantitative estimate of drug-likeness (QED) is 0.601. The molecule has 1 atom stereocenters. The molecule has 1 aliphatic heterocycles. The molecule has 1 aliphatic rings. The van der Waals surface area contributed by atoms with Crippen LogP contribution in [-0.2, 0) is 12.8 Å². The molecule has 0 spiro atoms. The Hall–Kier alpha value is -1.59. The molecular weight excluding hydrogens is 314 g/mol. The average molecular weight is 348 g/mol. The van der Waals surface area contributed by atoms with Crippen molar-refractivity contribution >= 4 is 11.7 Å². The van der Waals surface area contributed by atoms with Crippen molar-refractivity contribution in [3.8, 4) is 0 Å². The van der Waals surface area contributed by atoms with Crippen molar-refractivity contribution in [1.29, 1.82) is 0 Å². The van der Waals surface area contributed by atoms with Gasteiger partial charge in [-0.1, -0.05) is 32.0 Å². The zero-order valence-electron chi connectivity index (χ0n) is 15.7. The molecule has 0 saturated carbocycles. The summed E-state index contributed by atoms with van der Waals surface area (Å²) in [5.41, 5.74) is 3.32. The lowest BCUT2D eigenvalue weighted by molar-refractivity contribution is 0.157. The van der Waals surface area contributed by atoms with Crippen molar-refractivity contribution in [3.63, 3.8) is 0 Å². The maximum atomic E-state index is 12.2. The Balaban J connectivity index is 1.71. The van der Waals surface area contributed by atoms with Crippen LogP contribution in [0.5, 0.6) is 0 Å². The summed E-state index contributed by atoms with van der Waals surface area (Å²) in [6.07, 6.45) is 6.10. The maximum Gasteiger partial charge on any atom is 0.319 e. The molecule has 1 aromatic rings. The number of hydrogen-bond acceptors (Lipinski definition) is 3. The van der Waals surface area contributed by atoms with Crippen LogP contribution in [0.4, 0.5) is 10.5 Å². The molecule has 0 radical (unpaired) electrons. The van der Waals surface area contributed by atoms with Gasteiger partial charge < -0.3 is 15.7 Å². The third-order valence-electron chi connectivity index (χ3n) is 5.10. The van der Waals surface area contributed by atoms with Crippen molar-refractivity contribution in [2.75, 3.05) is 31.6 Å². The summed E-state index contributed by atoms with van der Waals surface area (Å²) in [5, 5.41) is 15.3. The van der Waals surface area contributed by atoms with Crippen LogP contribution < -0.4 is 10.6 Å². The highest BCUT2D eigenvalue weighted by molar-refractivity contribution is 5.91. The van der Waals surface area contributed by atoms with E-state index in [1.54, 1.807) is 0 Å². The van der Waals surface area contributed by atoms with Crippen molar-refractivity contribution in [2.24, 2.45) is 0 Å². The van der Waals surface area contributed by atoms with Crippen LogP contribution in [0.1, 0.15) is 50.7 Å². The summed E-state index contributed by atoms with van der Waals surface area (Å²) in [6.45, 7) is 7.25. The number of carbonyl (C=O) groups excluding carboxylic acids is 1. The van der Waals surface area contributed by atoms with E-state index in [1.807, 2.05) is 0 Å². The fourth-order valence-corrected chi connectivity index (χ4v) is 3.60. The Morgan fingerprint density at radius 3 is 2.60 bits per heavy atom. The highest BCUT2D eigenvalue weighted by Gasteiger charge is 2.22. The SMILES string of the molecule is CCc1cccc(CC)c1NC(=O)NCCCCN1CCCC1CO. The summed E-state index contributed by atoms with van der Waals surface area (Å²) in [5.74, 6) is 0. The van der Waals surface area contributed by atoms with Crippen molar-refractivity contribution in [1.82, 2.24) is 10.2 Å². The van der Waals surface area contributed by atoms with Gasteiger partial charge in [0.2, 0.25) is 0 Å². The number of aryl methyl sites for hydroxylation is 2. The van der Waals surface area contributed by atoms with Gasteiger partial charge in [0.05, 0.1) is 6.61 Å². The van der Waals surface area contributed by atoms with E-state index in [1.165, 1.54) is 17.5 Å². The van der Waals surface area contributed by atoms with Crippen LogP contribution in [0, 0.1) is 0 Å². The third-order valence-corrected chi connectivity index (χ3v) is 5.10. The standard InChI is InChI=1S/C20H33N3O2/c1-3-16-9-7-10-17(4-2)19(16)22-20(25)21-12-5-6-13-23-14-8-11-18(23)15-24/h7,9-10,18,24H,3-6,8,11-15H2,1-2H3,(H2,21,22,25). The summed E-state index contributed by atoms with van der Waals surface area (Å²) < 4.78 is 0. The zero-order chi connectivity index (χ0) is 18.1. The molecule has 2 amide bonds. The number of aliphatic hydroxyl groups is 1. The van der Waals surface area contributed by atoms with Crippen LogP contribution >= 0.6 is 0 Å². The molecule has 1 aromatic carbocycles. The van der Waals surface area contributed by atoms with Gasteiger partial charge in [-0.05, 0) is 62.7 Å². The number of hydrogen-bond donors (Lipinski definition) is 3. The molecule has 1 fully saturated rings. The molecule has 5 nitrogen and oxygen atoms in total. The summed E-state index contributed by atoms with van der Waals surface area (Å²) >= 11 is 0. The van der Waals surface area contributed by atoms with E-state index < -0.39 is 0 Å². The Bertz CT molecular complexity index is 525. The van der Waals surface area contributed by atoms with Gasteiger partial charge in [0.15, 0.2) is 0 Å². The number of benzene rings is 1. The van der Waals surface area contributed by atoms with Gasteiger partial charge in [0.25, 0.3) is 0 Å². The lowest BCUT2D eigenvalue weighted by atomic mass is 10.0. The number of nitrogens with zero attached hydrogens (tertiary/aromatic N) is 1. The lowest BCUT2D eigenvalue weighted by Gasteiger charge is -2.22. The number of para-hydroxylation sites is 1. The zero-order valence-corrected chi connectivity index (χ0v) is 15.7. The van der Waals surface area contributed by atoms with E-state index in [0.717, 1.165) is 50.9 Å². The molecule has 0 bridgehead atoms. The monoisotopic (exact) mass is 347 g/mol. The van der Waals surface area contributed by atoms with E-state index in [0.29, 0.717) is 12.6 Å². The van der Waals surface area contributed by atoms with Gasteiger partial charge in [-0.15, -0.1) is 0 Å². The third kappa shape index (κ3) is 5.72. The minimum absolute atomic E-state index is 0.120. The van der Waals surface area contributed by atoms with E-state index in [9.17, 15) is 9.90 Å². The number of unbranched alkanes of at least 4 members (excludes halogenated alkanes) is 1. The second kappa shape index (κ2) is 10.4. The van der Waals surface area contributed by atoms with Gasteiger partial charge in [-0.2, -0.15) is 0 Å².